The lowest BCUT2D eigenvalue weighted by atomic mass is 9.63. The van der Waals surface area contributed by atoms with Crippen LogP contribution in [0, 0.1) is 27.1 Å². The first-order chi connectivity index (χ1) is 25.4. The molecular weight excluding hydrogens is 705 g/mol. The molecule has 2 aromatic rings. The smallest absolute Gasteiger partial charge is 0.137 e. The van der Waals surface area contributed by atoms with E-state index in [0.29, 0.717) is 13.1 Å². The lowest BCUT2D eigenvalue weighted by molar-refractivity contribution is -0.0765. The van der Waals surface area contributed by atoms with Crippen LogP contribution in [0.1, 0.15) is 209 Å². The van der Waals surface area contributed by atoms with E-state index in [-0.39, 0.29) is 43.3 Å². The van der Waals surface area contributed by atoms with Crippen LogP contribution in [-0.2, 0) is 34.7 Å². The third kappa shape index (κ3) is 13.3. The molecule has 0 heterocycles. The van der Waals surface area contributed by atoms with E-state index in [0.717, 1.165) is 70.4 Å². The summed E-state index contributed by atoms with van der Waals surface area (Å²) in [4.78, 5) is 0. The molecule has 2 aromatic carbocycles. The predicted molar refractivity (Wildman–Crippen MR) is 244 cm³/mol. The van der Waals surface area contributed by atoms with E-state index in [2.05, 4.69) is 163 Å². The second-order valence-corrected chi connectivity index (χ2v) is 25.4. The fraction of sp³-hybridized carbons (Fsp3) is 0.765. The second kappa shape index (κ2) is 17.6. The van der Waals surface area contributed by atoms with Gasteiger partial charge in [0.1, 0.15) is 11.9 Å². The summed E-state index contributed by atoms with van der Waals surface area (Å²) in [7, 11) is 0. The highest BCUT2D eigenvalue weighted by molar-refractivity contribution is 5.54. The van der Waals surface area contributed by atoms with Crippen LogP contribution in [0.2, 0.25) is 0 Å². The number of aliphatic hydroxyl groups is 3. The minimum atomic E-state index is -1.45. The SMILES string of the molecule is CC(C)(C)CC(C)(C)c1cc(CN)cc(C(C)(C)CC(C)(C)C)c1OC(c1c(C(C)(C)CC(C)(C)C)cc(CN)cc1C(C)(C)CC(C)(C)C)C(CO)(CO)CO. The summed E-state index contributed by atoms with van der Waals surface area (Å²) in [5.41, 5.74) is 17.3. The van der Waals surface area contributed by atoms with Crippen molar-refractivity contribution < 1.29 is 20.1 Å². The molecular formula is C51H90N2O4. The summed E-state index contributed by atoms with van der Waals surface area (Å²) >= 11 is 0. The molecule has 0 bridgehead atoms. The number of nitrogens with two attached hydrogens (primary N) is 2. The molecule has 0 radical (unpaired) electrons. The lowest BCUT2D eigenvalue weighted by Gasteiger charge is -2.46. The van der Waals surface area contributed by atoms with Gasteiger partial charge in [-0.1, -0.05) is 163 Å². The van der Waals surface area contributed by atoms with Crippen molar-refractivity contribution >= 4 is 0 Å². The number of aliphatic hydroxyl groups excluding tert-OH is 3. The van der Waals surface area contributed by atoms with Crippen molar-refractivity contribution in [3.05, 3.63) is 63.2 Å². The molecule has 0 fully saturated rings. The third-order valence-corrected chi connectivity index (χ3v) is 11.7. The van der Waals surface area contributed by atoms with Gasteiger partial charge in [0.05, 0.1) is 25.2 Å². The number of ether oxygens (including phenoxy) is 1. The van der Waals surface area contributed by atoms with Crippen molar-refractivity contribution in [2.45, 2.75) is 205 Å². The maximum atomic E-state index is 11.6. The van der Waals surface area contributed by atoms with Crippen molar-refractivity contribution in [1.29, 1.82) is 0 Å². The highest BCUT2D eigenvalue weighted by atomic mass is 16.5. The molecule has 0 saturated heterocycles. The molecule has 0 aliphatic heterocycles. The van der Waals surface area contributed by atoms with E-state index in [1.807, 2.05) is 0 Å². The van der Waals surface area contributed by atoms with E-state index in [4.69, 9.17) is 16.2 Å². The Morgan fingerprint density at radius 1 is 0.439 bits per heavy atom. The first-order valence-electron chi connectivity index (χ1n) is 21.7. The highest BCUT2D eigenvalue weighted by Gasteiger charge is 2.48. The normalized spacial score (nSPS) is 15.0. The van der Waals surface area contributed by atoms with Crippen LogP contribution in [0.25, 0.3) is 0 Å². The van der Waals surface area contributed by atoms with Gasteiger partial charge in [0, 0.05) is 29.8 Å². The van der Waals surface area contributed by atoms with Crippen molar-refractivity contribution in [3.8, 4) is 5.75 Å². The van der Waals surface area contributed by atoms with Gasteiger partial charge < -0.3 is 31.5 Å². The van der Waals surface area contributed by atoms with Gasteiger partial charge in [0.2, 0.25) is 0 Å². The standard InChI is InChI=1S/C51H90N2O4/c1-43(2,3)27-47(13,14)36-21-34(25-52)22-37(48(15,16)28-44(4,5)6)40(36)42(51(31-54,32-55)33-56)57-41-38(49(17,18)29-45(7,8)9)23-35(26-53)24-39(41)50(19,20)30-46(10,11)12/h21-24,42,54-56H,25-33,52-53H2,1-20H3. The van der Waals surface area contributed by atoms with E-state index in [1.54, 1.807) is 0 Å². The average molecular weight is 795 g/mol. The van der Waals surface area contributed by atoms with Gasteiger partial charge in [-0.25, -0.2) is 0 Å². The fourth-order valence-corrected chi connectivity index (χ4v) is 10.9. The molecule has 0 aliphatic carbocycles. The highest BCUT2D eigenvalue weighted by Crippen LogP contribution is 2.54. The maximum Gasteiger partial charge on any atom is 0.137 e. The maximum absolute atomic E-state index is 11.6. The van der Waals surface area contributed by atoms with Crippen LogP contribution in [0.4, 0.5) is 0 Å². The van der Waals surface area contributed by atoms with E-state index in [9.17, 15) is 15.3 Å². The Kier molecular flexibility index (Phi) is 15.8. The molecule has 6 nitrogen and oxygen atoms in total. The summed E-state index contributed by atoms with van der Waals surface area (Å²) in [6.07, 6.45) is 2.52. The Morgan fingerprint density at radius 3 is 0.912 bits per heavy atom. The van der Waals surface area contributed by atoms with Crippen LogP contribution in [0.15, 0.2) is 24.3 Å². The molecule has 1 unspecified atom stereocenters. The van der Waals surface area contributed by atoms with Gasteiger partial charge in [-0.05, 0) is 91.3 Å². The molecule has 0 amide bonds. The van der Waals surface area contributed by atoms with E-state index < -0.39 is 31.3 Å². The van der Waals surface area contributed by atoms with Crippen LogP contribution in [0.3, 0.4) is 0 Å². The summed E-state index contributed by atoms with van der Waals surface area (Å²) < 4.78 is 7.86. The first-order valence-corrected chi connectivity index (χ1v) is 21.7. The summed E-state index contributed by atoms with van der Waals surface area (Å²) in [6, 6.07) is 8.91. The second-order valence-electron chi connectivity index (χ2n) is 25.4. The van der Waals surface area contributed by atoms with Crippen LogP contribution in [0.5, 0.6) is 5.75 Å². The van der Waals surface area contributed by atoms with Gasteiger partial charge in [-0.2, -0.15) is 0 Å². The number of hydrogen-bond acceptors (Lipinski definition) is 6. The van der Waals surface area contributed by atoms with Crippen molar-refractivity contribution in [3.63, 3.8) is 0 Å². The minimum absolute atomic E-state index is 0.00259. The number of rotatable bonds is 17. The quantitative estimate of drug-likeness (QED) is 0.109. The Morgan fingerprint density at radius 2 is 0.684 bits per heavy atom. The Labute approximate surface area is 351 Å². The van der Waals surface area contributed by atoms with Gasteiger partial charge in [0.15, 0.2) is 0 Å². The molecule has 2 rings (SSSR count). The molecule has 328 valence electrons. The lowest BCUT2D eigenvalue weighted by Crippen LogP contribution is -2.45. The zero-order valence-corrected chi connectivity index (χ0v) is 40.7. The van der Waals surface area contributed by atoms with Gasteiger partial charge in [-0.15, -0.1) is 0 Å². The van der Waals surface area contributed by atoms with Gasteiger partial charge in [-0.3, -0.25) is 0 Å². The summed E-state index contributed by atoms with van der Waals surface area (Å²) in [6.45, 7) is 44.9. The molecule has 0 saturated carbocycles. The minimum Gasteiger partial charge on any atom is -0.484 e. The number of benzene rings is 2. The largest absolute Gasteiger partial charge is 0.484 e. The monoisotopic (exact) mass is 795 g/mol. The molecule has 1 atom stereocenters. The van der Waals surface area contributed by atoms with Crippen LogP contribution >= 0.6 is 0 Å². The van der Waals surface area contributed by atoms with Crippen molar-refractivity contribution in [2.24, 2.45) is 38.5 Å². The molecule has 57 heavy (non-hydrogen) atoms. The predicted octanol–water partition coefficient (Wildman–Crippen LogP) is 11.5. The molecule has 6 heteroatoms. The molecule has 0 aliphatic rings. The summed E-state index contributed by atoms with van der Waals surface area (Å²) in [5.74, 6) is 0.752. The van der Waals surface area contributed by atoms with Crippen LogP contribution < -0.4 is 16.2 Å². The topological polar surface area (TPSA) is 122 Å². The fourth-order valence-electron chi connectivity index (χ4n) is 10.9. The molecule has 0 spiro atoms. The Hall–Kier alpha value is -1.96. The molecule has 0 aromatic heterocycles. The Balaban J connectivity index is 3.52. The average Bonchev–Trinajstić information content (AvgIpc) is 2.99. The van der Waals surface area contributed by atoms with Crippen molar-refractivity contribution in [2.75, 3.05) is 19.8 Å². The van der Waals surface area contributed by atoms with Crippen LogP contribution in [-0.4, -0.2) is 35.1 Å². The first kappa shape index (κ1) is 51.2. The summed E-state index contributed by atoms with van der Waals surface area (Å²) in [5, 5.41) is 34.7. The Bertz CT molecular complexity index is 1530. The van der Waals surface area contributed by atoms with Gasteiger partial charge >= 0.3 is 0 Å². The van der Waals surface area contributed by atoms with E-state index >= 15 is 0 Å². The zero-order chi connectivity index (χ0) is 44.6. The van der Waals surface area contributed by atoms with Gasteiger partial charge in [0.25, 0.3) is 0 Å². The van der Waals surface area contributed by atoms with E-state index in [1.165, 1.54) is 0 Å². The van der Waals surface area contributed by atoms with Crippen molar-refractivity contribution in [1.82, 2.24) is 0 Å². The third-order valence-electron chi connectivity index (χ3n) is 11.7. The molecule has 7 N–H and O–H groups in total. The zero-order valence-electron chi connectivity index (χ0n) is 40.7. The number of hydrogen-bond donors (Lipinski definition) is 5.